The lowest BCUT2D eigenvalue weighted by Crippen LogP contribution is -2.31. The molecule has 0 radical (unpaired) electrons. The lowest BCUT2D eigenvalue weighted by atomic mass is 10.3. The number of benzene rings is 2. The van der Waals surface area contributed by atoms with Crippen molar-refractivity contribution in [1.29, 1.82) is 0 Å². The Kier molecular flexibility index (Phi) is 3.98. The van der Waals surface area contributed by atoms with E-state index in [1.807, 2.05) is 31.2 Å². The van der Waals surface area contributed by atoms with E-state index in [4.69, 9.17) is 11.6 Å². The minimum absolute atomic E-state index is 0.244. The van der Waals surface area contributed by atoms with Gasteiger partial charge in [-0.05, 0) is 37.3 Å². The zero-order valence-electron chi connectivity index (χ0n) is 11.9. The Morgan fingerprint density at radius 2 is 2.05 bits per heavy atom. The average molecular weight is 315 g/mol. The van der Waals surface area contributed by atoms with Crippen LogP contribution in [0.25, 0.3) is 11.0 Å². The number of aromatic nitrogens is 2. The van der Waals surface area contributed by atoms with E-state index in [0.717, 1.165) is 11.0 Å². The number of halogens is 1. The minimum atomic E-state index is -0.310. The van der Waals surface area contributed by atoms with Gasteiger partial charge in [-0.15, -0.1) is 0 Å². The van der Waals surface area contributed by atoms with Crippen molar-refractivity contribution >= 4 is 34.4 Å². The van der Waals surface area contributed by atoms with E-state index in [9.17, 15) is 4.79 Å². The van der Waals surface area contributed by atoms with Crippen molar-refractivity contribution in [2.75, 3.05) is 5.32 Å². The molecule has 5 nitrogen and oxygen atoms in total. The van der Waals surface area contributed by atoms with Gasteiger partial charge < -0.3 is 15.6 Å². The smallest absolute Gasteiger partial charge is 0.319 e. The molecule has 2 aromatic carbocycles. The van der Waals surface area contributed by atoms with Gasteiger partial charge in [0.05, 0.1) is 17.1 Å². The number of rotatable bonds is 3. The van der Waals surface area contributed by atoms with E-state index in [1.165, 1.54) is 0 Å². The summed E-state index contributed by atoms with van der Waals surface area (Å²) in [5.74, 6) is 0.711. The second kappa shape index (κ2) is 6.07. The van der Waals surface area contributed by atoms with E-state index in [2.05, 4.69) is 20.6 Å². The number of nitrogens with zero attached hydrogens (tertiary/aromatic N) is 1. The van der Waals surface area contributed by atoms with Gasteiger partial charge in [0.1, 0.15) is 5.82 Å². The maximum atomic E-state index is 12.0. The molecule has 112 valence electrons. The Bertz CT molecular complexity index is 782. The van der Waals surface area contributed by atoms with Crippen molar-refractivity contribution in [1.82, 2.24) is 15.3 Å². The first-order chi connectivity index (χ1) is 10.6. The molecule has 0 fully saturated rings. The third kappa shape index (κ3) is 3.20. The monoisotopic (exact) mass is 314 g/mol. The van der Waals surface area contributed by atoms with E-state index in [1.54, 1.807) is 24.3 Å². The van der Waals surface area contributed by atoms with Gasteiger partial charge in [0.2, 0.25) is 0 Å². The summed E-state index contributed by atoms with van der Waals surface area (Å²) >= 11 is 5.89. The Hall–Kier alpha value is -2.53. The van der Waals surface area contributed by atoms with Gasteiger partial charge in [-0.25, -0.2) is 9.78 Å². The molecular weight excluding hydrogens is 300 g/mol. The Balaban J connectivity index is 1.68. The summed E-state index contributed by atoms with van der Waals surface area (Å²) in [5.41, 5.74) is 2.46. The number of carbonyl (C=O) groups is 1. The highest BCUT2D eigenvalue weighted by atomic mass is 35.5. The molecule has 1 atom stereocenters. The Morgan fingerprint density at radius 1 is 1.23 bits per heavy atom. The van der Waals surface area contributed by atoms with E-state index < -0.39 is 0 Å². The standard InChI is InChI=1S/C16H15ClN4O/c1-10(15-20-13-7-2-3-8-14(13)21-15)18-16(22)19-12-6-4-5-11(17)9-12/h2-10H,1H3,(H,20,21)(H2,18,19,22). The first kappa shape index (κ1) is 14.4. The summed E-state index contributed by atoms with van der Waals surface area (Å²) in [6.07, 6.45) is 0. The summed E-state index contributed by atoms with van der Waals surface area (Å²) in [5, 5.41) is 6.15. The van der Waals surface area contributed by atoms with Crippen LogP contribution >= 0.6 is 11.6 Å². The van der Waals surface area contributed by atoms with Crippen LogP contribution in [0, 0.1) is 0 Å². The summed E-state index contributed by atoms with van der Waals surface area (Å²) in [4.78, 5) is 19.7. The van der Waals surface area contributed by atoms with Crippen LogP contribution in [-0.4, -0.2) is 16.0 Å². The predicted octanol–water partition coefficient (Wildman–Crippen LogP) is 4.10. The number of urea groups is 1. The van der Waals surface area contributed by atoms with Crippen LogP contribution in [0.2, 0.25) is 5.02 Å². The molecule has 3 N–H and O–H groups in total. The van der Waals surface area contributed by atoms with Crippen LogP contribution in [0.1, 0.15) is 18.8 Å². The first-order valence-corrected chi connectivity index (χ1v) is 7.27. The third-order valence-electron chi connectivity index (χ3n) is 3.25. The maximum absolute atomic E-state index is 12.0. The molecule has 0 saturated heterocycles. The van der Waals surface area contributed by atoms with Gasteiger partial charge in [-0.2, -0.15) is 0 Å². The molecular formula is C16H15ClN4O. The average Bonchev–Trinajstić information content (AvgIpc) is 2.91. The summed E-state index contributed by atoms with van der Waals surface area (Å²) < 4.78 is 0. The van der Waals surface area contributed by atoms with Crippen LogP contribution in [0.5, 0.6) is 0 Å². The molecule has 1 unspecified atom stereocenters. The van der Waals surface area contributed by atoms with Gasteiger partial charge in [0.25, 0.3) is 0 Å². The number of imidazole rings is 1. The molecule has 6 heteroatoms. The lowest BCUT2D eigenvalue weighted by Gasteiger charge is -2.12. The second-order valence-electron chi connectivity index (χ2n) is 4.97. The number of aromatic amines is 1. The fraction of sp³-hybridized carbons (Fsp3) is 0.125. The summed E-state index contributed by atoms with van der Waals surface area (Å²) in [7, 11) is 0. The van der Waals surface area contributed by atoms with Gasteiger partial charge in [-0.1, -0.05) is 29.8 Å². The van der Waals surface area contributed by atoms with Crippen molar-refractivity contribution in [3.8, 4) is 0 Å². The zero-order chi connectivity index (χ0) is 15.5. The molecule has 3 aromatic rings. The topological polar surface area (TPSA) is 69.8 Å². The molecule has 3 rings (SSSR count). The first-order valence-electron chi connectivity index (χ1n) is 6.89. The van der Waals surface area contributed by atoms with E-state index in [-0.39, 0.29) is 12.1 Å². The van der Waals surface area contributed by atoms with E-state index in [0.29, 0.717) is 16.5 Å². The number of carbonyl (C=O) groups excluding carboxylic acids is 1. The highest BCUT2D eigenvalue weighted by molar-refractivity contribution is 6.30. The van der Waals surface area contributed by atoms with Gasteiger partial charge >= 0.3 is 6.03 Å². The van der Waals surface area contributed by atoms with Crippen LogP contribution in [0.3, 0.4) is 0 Å². The molecule has 0 aliphatic heterocycles. The van der Waals surface area contributed by atoms with Crippen molar-refractivity contribution < 1.29 is 4.79 Å². The van der Waals surface area contributed by atoms with Crippen molar-refractivity contribution in [3.05, 3.63) is 59.4 Å². The molecule has 0 spiro atoms. The molecule has 0 saturated carbocycles. The van der Waals surface area contributed by atoms with Gasteiger partial charge in [0.15, 0.2) is 0 Å². The number of anilines is 1. The van der Waals surface area contributed by atoms with Crippen molar-refractivity contribution in [2.24, 2.45) is 0 Å². The number of H-pyrrole nitrogens is 1. The molecule has 1 aromatic heterocycles. The minimum Gasteiger partial charge on any atom is -0.340 e. The number of amides is 2. The SMILES string of the molecule is CC(NC(=O)Nc1cccc(Cl)c1)c1nc2ccccc2[nH]1. The van der Waals surface area contributed by atoms with Crippen LogP contribution in [0.4, 0.5) is 10.5 Å². The second-order valence-corrected chi connectivity index (χ2v) is 5.41. The van der Waals surface area contributed by atoms with Crippen LogP contribution in [-0.2, 0) is 0 Å². The molecule has 0 aliphatic rings. The Labute approximate surface area is 132 Å². The third-order valence-corrected chi connectivity index (χ3v) is 3.48. The highest BCUT2D eigenvalue weighted by Gasteiger charge is 2.13. The largest absolute Gasteiger partial charge is 0.340 e. The Morgan fingerprint density at radius 3 is 2.82 bits per heavy atom. The highest BCUT2D eigenvalue weighted by Crippen LogP contribution is 2.17. The molecule has 22 heavy (non-hydrogen) atoms. The number of hydrogen-bond acceptors (Lipinski definition) is 2. The van der Waals surface area contributed by atoms with Crippen molar-refractivity contribution in [2.45, 2.75) is 13.0 Å². The summed E-state index contributed by atoms with van der Waals surface area (Å²) in [6, 6.07) is 14.2. The number of para-hydroxylation sites is 2. The quantitative estimate of drug-likeness (QED) is 0.681. The number of nitrogens with one attached hydrogen (secondary N) is 3. The van der Waals surface area contributed by atoms with Crippen molar-refractivity contribution in [3.63, 3.8) is 0 Å². The fourth-order valence-corrected chi connectivity index (χ4v) is 2.37. The fourth-order valence-electron chi connectivity index (χ4n) is 2.18. The number of hydrogen-bond donors (Lipinski definition) is 3. The van der Waals surface area contributed by atoms with Crippen LogP contribution < -0.4 is 10.6 Å². The van der Waals surface area contributed by atoms with Crippen LogP contribution in [0.15, 0.2) is 48.5 Å². The summed E-state index contributed by atoms with van der Waals surface area (Å²) in [6.45, 7) is 1.87. The van der Waals surface area contributed by atoms with E-state index >= 15 is 0 Å². The molecule has 0 aliphatic carbocycles. The zero-order valence-corrected chi connectivity index (χ0v) is 12.7. The lowest BCUT2D eigenvalue weighted by molar-refractivity contribution is 0.249. The molecule has 2 amide bonds. The maximum Gasteiger partial charge on any atom is 0.319 e. The van der Waals surface area contributed by atoms with Gasteiger partial charge in [-0.3, -0.25) is 0 Å². The number of fused-ring (bicyclic) bond motifs is 1. The van der Waals surface area contributed by atoms with Gasteiger partial charge in [0, 0.05) is 10.7 Å². The predicted molar refractivity (Wildman–Crippen MR) is 88.1 cm³/mol. The molecule has 0 bridgehead atoms. The molecule has 1 heterocycles. The normalized spacial score (nSPS) is 12.1.